The zero-order chi connectivity index (χ0) is 12.7. The van der Waals surface area contributed by atoms with Gasteiger partial charge in [0.05, 0.1) is 14.9 Å². The number of nitrogens with two attached hydrogens (primary N) is 1. The van der Waals surface area contributed by atoms with Gasteiger partial charge in [0.2, 0.25) is 0 Å². The number of anilines is 2. The predicted octanol–water partition coefficient (Wildman–Crippen LogP) is 2.66. The van der Waals surface area contributed by atoms with Crippen LogP contribution in [0.2, 0.25) is 0 Å². The third-order valence-corrected chi connectivity index (χ3v) is 4.56. The molecular weight excluding hydrogens is 344 g/mol. The van der Waals surface area contributed by atoms with E-state index in [0.29, 0.717) is 15.3 Å². The van der Waals surface area contributed by atoms with E-state index in [1.807, 2.05) is 22.6 Å². The van der Waals surface area contributed by atoms with Crippen molar-refractivity contribution in [3.05, 3.63) is 21.5 Å². The van der Waals surface area contributed by atoms with Crippen molar-refractivity contribution in [3.63, 3.8) is 0 Å². The van der Waals surface area contributed by atoms with Gasteiger partial charge in [0.1, 0.15) is 5.82 Å². The van der Waals surface area contributed by atoms with Crippen molar-refractivity contribution in [2.24, 2.45) is 0 Å². The van der Waals surface area contributed by atoms with Gasteiger partial charge in [-0.15, -0.1) is 0 Å². The number of rotatable bonds is 3. The van der Waals surface area contributed by atoms with Crippen LogP contribution in [0.5, 0.6) is 0 Å². The van der Waals surface area contributed by atoms with Crippen LogP contribution >= 0.6 is 22.6 Å². The average Bonchev–Trinajstić information content (AvgIpc) is 3.07. The average molecular weight is 361 g/mol. The summed E-state index contributed by atoms with van der Waals surface area (Å²) in [6, 6.07) is 4.40. The van der Waals surface area contributed by atoms with Crippen molar-refractivity contribution in [1.82, 2.24) is 4.90 Å². The summed E-state index contributed by atoms with van der Waals surface area (Å²) in [4.78, 5) is 2.52. The number of halogens is 2. The molecule has 0 amide bonds. The molecule has 3 rings (SSSR count). The third-order valence-electron chi connectivity index (χ3n) is 3.74. The first-order chi connectivity index (χ1) is 8.63. The second kappa shape index (κ2) is 4.85. The topological polar surface area (TPSA) is 41.3 Å². The van der Waals surface area contributed by atoms with Gasteiger partial charge in [-0.25, -0.2) is 4.39 Å². The summed E-state index contributed by atoms with van der Waals surface area (Å²) < 4.78 is 14.1. The van der Waals surface area contributed by atoms with Crippen molar-refractivity contribution in [2.45, 2.75) is 31.3 Å². The van der Waals surface area contributed by atoms with Crippen LogP contribution in [0.1, 0.15) is 19.3 Å². The first kappa shape index (κ1) is 12.5. The lowest BCUT2D eigenvalue weighted by Gasteiger charge is -2.18. The SMILES string of the molecule is Nc1cc(I)c(F)cc1NC1CCN(C2CC2)C1. The van der Waals surface area contributed by atoms with Crippen molar-refractivity contribution in [3.8, 4) is 0 Å². The number of likely N-dealkylation sites (tertiary alicyclic amines) is 1. The van der Waals surface area contributed by atoms with Gasteiger partial charge >= 0.3 is 0 Å². The van der Waals surface area contributed by atoms with Gasteiger partial charge in [0.25, 0.3) is 0 Å². The second-order valence-electron chi connectivity index (χ2n) is 5.21. The quantitative estimate of drug-likeness (QED) is 0.643. The van der Waals surface area contributed by atoms with Crippen molar-refractivity contribution >= 4 is 34.0 Å². The lowest BCUT2D eigenvalue weighted by atomic mass is 10.2. The molecule has 1 aliphatic heterocycles. The zero-order valence-corrected chi connectivity index (χ0v) is 12.3. The molecule has 1 heterocycles. The van der Waals surface area contributed by atoms with E-state index in [9.17, 15) is 4.39 Å². The molecule has 5 heteroatoms. The summed E-state index contributed by atoms with van der Waals surface area (Å²) in [5, 5.41) is 3.38. The molecule has 1 saturated heterocycles. The lowest BCUT2D eigenvalue weighted by Crippen LogP contribution is -2.28. The smallest absolute Gasteiger partial charge is 0.138 e. The van der Waals surface area contributed by atoms with Gasteiger partial charge < -0.3 is 11.1 Å². The van der Waals surface area contributed by atoms with Gasteiger partial charge in [0.15, 0.2) is 0 Å². The third kappa shape index (κ3) is 2.56. The summed E-state index contributed by atoms with van der Waals surface area (Å²) in [5.41, 5.74) is 7.29. The Labute approximate surface area is 120 Å². The van der Waals surface area contributed by atoms with E-state index in [1.54, 1.807) is 6.07 Å². The molecule has 1 aromatic carbocycles. The van der Waals surface area contributed by atoms with E-state index in [0.717, 1.165) is 31.2 Å². The maximum absolute atomic E-state index is 13.5. The van der Waals surface area contributed by atoms with E-state index < -0.39 is 0 Å². The number of hydrogen-bond donors (Lipinski definition) is 2. The highest BCUT2D eigenvalue weighted by Gasteiger charge is 2.34. The Morgan fingerprint density at radius 2 is 2.11 bits per heavy atom. The second-order valence-corrected chi connectivity index (χ2v) is 6.37. The Hall–Kier alpha value is -0.560. The number of nitrogens with one attached hydrogen (secondary N) is 1. The zero-order valence-electron chi connectivity index (χ0n) is 10.1. The van der Waals surface area contributed by atoms with Crippen LogP contribution < -0.4 is 11.1 Å². The van der Waals surface area contributed by atoms with E-state index in [-0.39, 0.29) is 5.82 Å². The molecule has 0 spiro atoms. The van der Waals surface area contributed by atoms with Crippen molar-refractivity contribution in [1.29, 1.82) is 0 Å². The first-order valence-corrected chi connectivity index (χ1v) is 7.46. The molecule has 1 unspecified atom stereocenters. The molecule has 2 fully saturated rings. The summed E-state index contributed by atoms with van der Waals surface area (Å²) in [6.45, 7) is 2.20. The van der Waals surface area contributed by atoms with Crippen LogP contribution in [0, 0.1) is 9.39 Å². The van der Waals surface area contributed by atoms with Gasteiger partial charge in [-0.05, 0) is 47.9 Å². The minimum absolute atomic E-state index is 0.204. The molecule has 0 bridgehead atoms. The highest BCUT2D eigenvalue weighted by molar-refractivity contribution is 14.1. The normalized spacial score (nSPS) is 24.4. The molecule has 98 valence electrons. The minimum Gasteiger partial charge on any atom is -0.397 e. The largest absolute Gasteiger partial charge is 0.397 e. The maximum atomic E-state index is 13.5. The Morgan fingerprint density at radius 3 is 2.83 bits per heavy atom. The van der Waals surface area contributed by atoms with E-state index >= 15 is 0 Å². The van der Waals surface area contributed by atoms with Crippen LogP contribution in [-0.2, 0) is 0 Å². The highest BCUT2D eigenvalue weighted by Crippen LogP contribution is 2.31. The van der Waals surface area contributed by atoms with Gasteiger partial charge in [-0.1, -0.05) is 0 Å². The molecule has 3 N–H and O–H groups in total. The predicted molar refractivity (Wildman–Crippen MR) is 80.2 cm³/mol. The van der Waals surface area contributed by atoms with Crippen LogP contribution in [0.25, 0.3) is 0 Å². The summed E-state index contributed by atoms with van der Waals surface area (Å²) in [5.74, 6) is -0.204. The maximum Gasteiger partial charge on any atom is 0.138 e. The Morgan fingerprint density at radius 1 is 1.33 bits per heavy atom. The van der Waals surface area contributed by atoms with E-state index in [2.05, 4.69) is 10.2 Å². The molecule has 1 saturated carbocycles. The van der Waals surface area contributed by atoms with Gasteiger partial charge in [-0.2, -0.15) is 0 Å². The Kier molecular flexibility index (Phi) is 3.36. The molecule has 3 nitrogen and oxygen atoms in total. The number of benzene rings is 1. The van der Waals surface area contributed by atoms with Crippen molar-refractivity contribution < 1.29 is 4.39 Å². The molecule has 1 aromatic rings. The molecule has 2 aliphatic rings. The fourth-order valence-corrected chi connectivity index (χ4v) is 3.07. The number of hydrogen-bond acceptors (Lipinski definition) is 3. The Bertz CT molecular complexity index is 462. The van der Waals surface area contributed by atoms with Crippen LogP contribution in [-0.4, -0.2) is 30.1 Å². The van der Waals surface area contributed by atoms with E-state index in [1.165, 1.54) is 18.9 Å². The molecular formula is C13H17FIN3. The van der Waals surface area contributed by atoms with Gasteiger partial charge in [0, 0.05) is 31.2 Å². The monoisotopic (exact) mass is 361 g/mol. The molecule has 1 aliphatic carbocycles. The standard InChI is InChI=1S/C13H17FIN3/c14-10-5-13(12(16)6-11(10)15)17-8-3-4-18(7-8)9-1-2-9/h5-6,8-9,17H,1-4,7,16H2. The van der Waals surface area contributed by atoms with E-state index in [4.69, 9.17) is 5.73 Å². The molecule has 1 atom stereocenters. The van der Waals surface area contributed by atoms with Crippen LogP contribution in [0.15, 0.2) is 12.1 Å². The fourth-order valence-electron chi connectivity index (χ4n) is 2.58. The van der Waals surface area contributed by atoms with Crippen molar-refractivity contribution in [2.75, 3.05) is 24.1 Å². The minimum atomic E-state index is -0.204. The highest BCUT2D eigenvalue weighted by atomic mass is 127. The number of nitrogens with zero attached hydrogens (tertiary/aromatic N) is 1. The fraction of sp³-hybridized carbons (Fsp3) is 0.538. The Balaban J connectivity index is 1.67. The number of nitrogen functional groups attached to an aromatic ring is 1. The van der Waals surface area contributed by atoms with Crippen LogP contribution in [0.3, 0.4) is 0 Å². The van der Waals surface area contributed by atoms with Crippen LogP contribution in [0.4, 0.5) is 15.8 Å². The first-order valence-electron chi connectivity index (χ1n) is 6.38. The molecule has 0 radical (unpaired) electrons. The summed E-state index contributed by atoms with van der Waals surface area (Å²) >= 11 is 1.96. The lowest BCUT2D eigenvalue weighted by molar-refractivity contribution is 0.326. The summed E-state index contributed by atoms with van der Waals surface area (Å²) in [6.07, 6.45) is 3.80. The molecule has 18 heavy (non-hydrogen) atoms. The van der Waals surface area contributed by atoms with Gasteiger partial charge in [-0.3, -0.25) is 4.90 Å². The summed E-state index contributed by atoms with van der Waals surface area (Å²) in [7, 11) is 0. The molecule has 0 aromatic heterocycles.